The van der Waals surface area contributed by atoms with Crippen molar-refractivity contribution in [3.63, 3.8) is 0 Å². The first-order chi connectivity index (χ1) is 20.0. The Labute approximate surface area is 264 Å². The van der Waals surface area contributed by atoms with Crippen LogP contribution in [0.25, 0.3) is 32.8 Å². The zero-order chi connectivity index (χ0) is 28.3. The number of benzene rings is 4. The summed E-state index contributed by atoms with van der Waals surface area (Å²) < 4.78 is 10.9. The molecule has 0 atom stereocenters. The molecule has 4 aromatic carbocycles. The molecule has 43 heavy (non-hydrogen) atoms. The number of hydrogen-bond acceptors (Lipinski definition) is 6. The van der Waals surface area contributed by atoms with Crippen LogP contribution >= 0.6 is 24.8 Å². The predicted molar refractivity (Wildman–Crippen MR) is 178 cm³/mol. The van der Waals surface area contributed by atoms with Gasteiger partial charge in [0.2, 0.25) is 5.91 Å². The molecule has 9 heteroatoms. The third kappa shape index (κ3) is 6.69. The number of anilines is 1. The molecule has 0 radical (unpaired) electrons. The summed E-state index contributed by atoms with van der Waals surface area (Å²) in [5.74, 6) is 2.03. The zero-order valence-electron chi connectivity index (χ0n) is 24.5. The second-order valence-corrected chi connectivity index (χ2v) is 10.6. The number of ether oxygens (including phenoxy) is 2. The number of halogens is 2. The molecule has 0 bridgehead atoms. The molecule has 224 valence electrons. The van der Waals surface area contributed by atoms with Crippen LogP contribution in [0.4, 0.5) is 5.82 Å². The van der Waals surface area contributed by atoms with Gasteiger partial charge in [0.15, 0.2) is 5.82 Å². The number of piperidine rings is 1. The molecule has 0 saturated carbocycles. The predicted octanol–water partition coefficient (Wildman–Crippen LogP) is 7.33. The highest BCUT2D eigenvalue weighted by atomic mass is 35.5. The van der Waals surface area contributed by atoms with Gasteiger partial charge in [-0.3, -0.25) is 14.6 Å². The van der Waals surface area contributed by atoms with Crippen LogP contribution < -0.4 is 14.4 Å². The van der Waals surface area contributed by atoms with Crippen molar-refractivity contribution in [2.45, 2.75) is 32.4 Å². The highest BCUT2D eigenvalue weighted by Crippen LogP contribution is 2.36. The summed E-state index contributed by atoms with van der Waals surface area (Å²) >= 11 is 0. The number of carbonyl (C=O) groups is 1. The molecule has 1 saturated heterocycles. The molecule has 1 aromatic heterocycles. The second-order valence-electron chi connectivity index (χ2n) is 10.6. The lowest BCUT2D eigenvalue weighted by atomic mass is 9.99. The fourth-order valence-electron chi connectivity index (χ4n) is 5.90. The number of rotatable bonds is 7. The number of likely N-dealkylation sites (tertiary alicyclic amines) is 1. The van der Waals surface area contributed by atoms with Gasteiger partial charge in [-0.15, -0.1) is 35.0 Å². The Morgan fingerprint density at radius 2 is 1.49 bits per heavy atom. The van der Waals surface area contributed by atoms with Crippen LogP contribution in [0.1, 0.15) is 25.3 Å². The van der Waals surface area contributed by atoms with Gasteiger partial charge < -0.3 is 9.47 Å². The van der Waals surface area contributed by atoms with Crippen LogP contribution in [0.5, 0.6) is 11.5 Å². The van der Waals surface area contributed by atoms with E-state index in [0.717, 1.165) is 60.3 Å². The van der Waals surface area contributed by atoms with Crippen molar-refractivity contribution in [2.75, 3.05) is 32.2 Å². The maximum Gasteiger partial charge on any atom is 0.225 e. The minimum atomic E-state index is -0.0337. The summed E-state index contributed by atoms with van der Waals surface area (Å²) in [7, 11) is 3.30. The normalized spacial score (nSPS) is 13.7. The molecule has 2 heterocycles. The monoisotopic (exact) mass is 618 g/mol. The van der Waals surface area contributed by atoms with Crippen LogP contribution in [0.3, 0.4) is 0 Å². The third-order valence-electron chi connectivity index (χ3n) is 8.04. The molecule has 6 rings (SSSR count). The molecule has 0 aliphatic carbocycles. The number of aromatic nitrogens is 2. The number of amides is 1. The summed E-state index contributed by atoms with van der Waals surface area (Å²) in [5, 5.41) is 13.6. The van der Waals surface area contributed by atoms with Gasteiger partial charge in [-0.2, -0.15) is 0 Å². The van der Waals surface area contributed by atoms with E-state index in [4.69, 9.17) is 9.47 Å². The average Bonchev–Trinajstić information content (AvgIpc) is 3.01. The summed E-state index contributed by atoms with van der Waals surface area (Å²) in [6.07, 6.45) is 1.72. The Kier molecular flexibility index (Phi) is 10.5. The molecule has 5 aromatic rings. The summed E-state index contributed by atoms with van der Waals surface area (Å²) in [6, 6.07) is 28.8. The van der Waals surface area contributed by atoms with Crippen molar-refractivity contribution in [1.82, 2.24) is 15.1 Å². The Hall–Kier alpha value is -3.91. The number of nitrogens with zero attached hydrogens (tertiary/aromatic N) is 4. The topological polar surface area (TPSA) is 67.8 Å². The van der Waals surface area contributed by atoms with Crippen molar-refractivity contribution in [2.24, 2.45) is 0 Å². The van der Waals surface area contributed by atoms with Crippen LogP contribution in [0, 0.1) is 0 Å². The molecule has 1 fully saturated rings. The van der Waals surface area contributed by atoms with Crippen LogP contribution in [0.15, 0.2) is 84.9 Å². The molecule has 0 unspecified atom stereocenters. The Balaban J connectivity index is 0.00000212. The van der Waals surface area contributed by atoms with Gasteiger partial charge in [0.1, 0.15) is 17.2 Å². The Bertz CT molecular complexity index is 1710. The highest BCUT2D eigenvalue weighted by molar-refractivity contribution is 6.06. The Morgan fingerprint density at radius 3 is 2.16 bits per heavy atom. The molecule has 1 aliphatic heterocycles. The third-order valence-corrected chi connectivity index (χ3v) is 8.04. The average molecular weight is 620 g/mol. The lowest BCUT2D eigenvalue weighted by Crippen LogP contribution is -2.47. The number of fused-ring (bicyclic) bond motifs is 2. The fourth-order valence-corrected chi connectivity index (χ4v) is 5.90. The highest BCUT2D eigenvalue weighted by Gasteiger charge is 2.30. The van der Waals surface area contributed by atoms with Gasteiger partial charge >= 0.3 is 0 Å². The van der Waals surface area contributed by atoms with Gasteiger partial charge in [0.05, 0.1) is 14.2 Å². The first kappa shape index (κ1) is 32.0. The van der Waals surface area contributed by atoms with Gasteiger partial charge in [-0.1, -0.05) is 36.4 Å². The zero-order valence-corrected chi connectivity index (χ0v) is 26.2. The van der Waals surface area contributed by atoms with Crippen LogP contribution in [-0.4, -0.2) is 54.4 Å². The molecular weight excluding hydrogens is 583 g/mol. The van der Waals surface area contributed by atoms with Crippen molar-refractivity contribution in [3.8, 4) is 22.8 Å². The van der Waals surface area contributed by atoms with Crippen molar-refractivity contribution in [3.05, 3.63) is 90.5 Å². The molecule has 0 N–H and O–H groups in total. The molecule has 1 aliphatic rings. The second kappa shape index (κ2) is 14.0. The van der Waals surface area contributed by atoms with E-state index in [1.807, 2.05) is 47.4 Å². The lowest BCUT2D eigenvalue weighted by Gasteiger charge is -2.38. The summed E-state index contributed by atoms with van der Waals surface area (Å²) in [6.45, 7) is 4.32. The molecule has 0 spiro atoms. The van der Waals surface area contributed by atoms with Gasteiger partial charge in [0, 0.05) is 48.9 Å². The van der Waals surface area contributed by atoms with Gasteiger partial charge in [-0.05, 0) is 77.7 Å². The number of methoxy groups -OCH3 is 2. The van der Waals surface area contributed by atoms with E-state index in [1.54, 1.807) is 21.1 Å². The maximum absolute atomic E-state index is 13.2. The van der Waals surface area contributed by atoms with Crippen molar-refractivity contribution >= 4 is 58.1 Å². The van der Waals surface area contributed by atoms with E-state index in [1.165, 1.54) is 16.3 Å². The molecule has 7 nitrogen and oxygen atoms in total. The molecule has 1 amide bonds. The smallest absolute Gasteiger partial charge is 0.225 e. The van der Waals surface area contributed by atoms with E-state index in [-0.39, 0.29) is 36.8 Å². The minimum Gasteiger partial charge on any atom is -0.497 e. The van der Waals surface area contributed by atoms with Crippen molar-refractivity contribution in [1.29, 1.82) is 0 Å². The maximum atomic E-state index is 13.2. The first-order valence-electron chi connectivity index (χ1n) is 14.0. The van der Waals surface area contributed by atoms with E-state index >= 15 is 0 Å². The lowest BCUT2D eigenvalue weighted by molar-refractivity contribution is -0.117. The van der Waals surface area contributed by atoms with E-state index < -0.39 is 0 Å². The standard InChI is InChI=1S/C34H34N4O3.2ClH/c1-23(39)38(28-16-18-37(19-17-28)22-24-8-9-25-6-4-5-7-27(25)20-24)34-32-21-30(41-3)14-15-31(32)33(35-36-34)26-10-12-29(40-2)13-11-26;;/h4-15,20-21,28H,16-19,22H2,1-3H3;2*1H. The van der Waals surface area contributed by atoms with Gasteiger partial charge in [0.25, 0.3) is 0 Å². The molecular formula is C34H36Cl2N4O3. The Morgan fingerprint density at radius 1 is 0.814 bits per heavy atom. The first-order valence-corrected chi connectivity index (χ1v) is 14.0. The van der Waals surface area contributed by atoms with E-state index in [9.17, 15) is 4.79 Å². The van der Waals surface area contributed by atoms with E-state index in [0.29, 0.717) is 11.6 Å². The van der Waals surface area contributed by atoms with Gasteiger partial charge in [-0.25, -0.2) is 0 Å². The van der Waals surface area contributed by atoms with E-state index in [2.05, 4.69) is 57.6 Å². The quantitative estimate of drug-likeness (QED) is 0.190. The van der Waals surface area contributed by atoms with Crippen LogP contribution in [0.2, 0.25) is 0 Å². The fraction of sp³-hybridized carbons (Fsp3) is 0.265. The van der Waals surface area contributed by atoms with Crippen LogP contribution in [-0.2, 0) is 11.3 Å². The van der Waals surface area contributed by atoms with Crippen molar-refractivity contribution < 1.29 is 14.3 Å². The number of carbonyl (C=O) groups excluding carboxylic acids is 1. The minimum absolute atomic E-state index is 0. The summed E-state index contributed by atoms with van der Waals surface area (Å²) in [5.41, 5.74) is 2.99. The summed E-state index contributed by atoms with van der Waals surface area (Å²) in [4.78, 5) is 17.5. The largest absolute Gasteiger partial charge is 0.497 e. The SMILES string of the molecule is COc1ccc(-c2nnc(N(C(C)=O)C3CCN(Cc4ccc5ccccc5c4)CC3)c3cc(OC)ccc23)cc1.Cl.Cl. The number of hydrogen-bond donors (Lipinski definition) is 0.